The molecule has 0 aliphatic rings. The Bertz CT molecular complexity index is 892. The normalized spacial score (nSPS) is 11.3. The van der Waals surface area contributed by atoms with Crippen molar-refractivity contribution in [2.75, 3.05) is 13.3 Å². The maximum atomic E-state index is 4.29. The molecule has 0 bridgehead atoms. The summed E-state index contributed by atoms with van der Waals surface area (Å²) < 4.78 is 1.96. The number of guanidine groups is 1. The van der Waals surface area contributed by atoms with Crippen molar-refractivity contribution in [3.8, 4) is 0 Å². The molecule has 0 aliphatic heterocycles. The van der Waals surface area contributed by atoms with Crippen LogP contribution in [0.1, 0.15) is 17.0 Å². The molecular formula is C18H23IN6S. The van der Waals surface area contributed by atoms with Gasteiger partial charge in [0.25, 0.3) is 0 Å². The zero-order chi connectivity index (χ0) is 17.6. The quantitative estimate of drug-likeness (QED) is 0.253. The number of aromatic nitrogens is 3. The predicted octanol–water partition coefficient (Wildman–Crippen LogP) is 3.24. The Morgan fingerprint density at radius 3 is 2.73 bits per heavy atom. The Morgan fingerprint density at radius 2 is 1.96 bits per heavy atom. The fourth-order valence-electron chi connectivity index (χ4n) is 2.57. The number of nitrogens with zero attached hydrogens (tertiary/aromatic N) is 4. The SMILES string of the molecule is CN=C(NCc1ccc(C)cc1SC)NCc1nnc2ccccn12.I. The lowest BCUT2D eigenvalue weighted by Gasteiger charge is -2.13. The summed E-state index contributed by atoms with van der Waals surface area (Å²) in [5, 5.41) is 15.0. The molecule has 0 spiro atoms. The number of aliphatic imine (C=N–C) groups is 1. The smallest absolute Gasteiger partial charge is 0.191 e. The molecule has 138 valence electrons. The third kappa shape index (κ3) is 4.88. The van der Waals surface area contributed by atoms with Crippen LogP contribution in [0, 0.1) is 6.92 Å². The van der Waals surface area contributed by atoms with E-state index in [0.29, 0.717) is 6.54 Å². The van der Waals surface area contributed by atoms with Crippen molar-refractivity contribution in [1.82, 2.24) is 25.2 Å². The van der Waals surface area contributed by atoms with E-state index in [1.54, 1.807) is 18.8 Å². The van der Waals surface area contributed by atoms with Crippen LogP contribution in [0.5, 0.6) is 0 Å². The first kappa shape index (κ1) is 20.5. The number of aryl methyl sites for hydroxylation is 1. The fraction of sp³-hybridized carbons (Fsp3) is 0.278. The first-order valence-corrected chi connectivity index (χ1v) is 9.30. The highest BCUT2D eigenvalue weighted by molar-refractivity contribution is 14.0. The van der Waals surface area contributed by atoms with Crippen molar-refractivity contribution >= 4 is 47.3 Å². The number of thioether (sulfide) groups is 1. The van der Waals surface area contributed by atoms with Crippen molar-refractivity contribution in [2.24, 2.45) is 4.99 Å². The van der Waals surface area contributed by atoms with Crippen LogP contribution in [-0.4, -0.2) is 33.9 Å². The van der Waals surface area contributed by atoms with Crippen LogP contribution in [0.15, 0.2) is 52.5 Å². The van der Waals surface area contributed by atoms with Crippen LogP contribution >= 0.6 is 35.7 Å². The number of pyridine rings is 1. The Balaban J connectivity index is 0.00000243. The second-order valence-corrected chi connectivity index (χ2v) is 6.49. The van der Waals surface area contributed by atoms with E-state index in [9.17, 15) is 0 Å². The highest BCUT2D eigenvalue weighted by Gasteiger charge is 2.07. The van der Waals surface area contributed by atoms with Gasteiger partial charge in [0.1, 0.15) is 0 Å². The Morgan fingerprint density at radius 1 is 1.15 bits per heavy atom. The van der Waals surface area contributed by atoms with Gasteiger partial charge in [-0.05, 0) is 42.5 Å². The number of halogens is 1. The summed E-state index contributed by atoms with van der Waals surface area (Å²) in [6.07, 6.45) is 4.06. The minimum atomic E-state index is 0. The Kier molecular flexibility index (Phi) is 7.70. The van der Waals surface area contributed by atoms with Crippen LogP contribution in [0.2, 0.25) is 0 Å². The lowest BCUT2D eigenvalue weighted by Crippen LogP contribution is -2.36. The molecule has 26 heavy (non-hydrogen) atoms. The molecule has 2 N–H and O–H groups in total. The first-order valence-electron chi connectivity index (χ1n) is 8.08. The second kappa shape index (κ2) is 9.77. The topological polar surface area (TPSA) is 66.6 Å². The molecule has 0 radical (unpaired) electrons. The van der Waals surface area contributed by atoms with Gasteiger partial charge in [0.05, 0.1) is 6.54 Å². The summed E-state index contributed by atoms with van der Waals surface area (Å²) in [6, 6.07) is 12.4. The summed E-state index contributed by atoms with van der Waals surface area (Å²) in [7, 11) is 1.77. The molecule has 0 unspecified atom stereocenters. The third-order valence-corrected chi connectivity index (χ3v) is 4.73. The third-order valence-electron chi connectivity index (χ3n) is 3.91. The number of rotatable bonds is 5. The fourth-order valence-corrected chi connectivity index (χ4v) is 3.28. The van der Waals surface area contributed by atoms with Crippen LogP contribution in [0.25, 0.3) is 5.65 Å². The van der Waals surface area contributed by atoms with E-state index in [1.165, 1.54) is 16.0 Å². The molecule has 0 fully saturated rings. The molecule has 0 atom stereocenters. The van der Waals surface area contributed by atoms with E-state index < -0.39 is 0 Å². The van der Waals surface area contributed by atoms with Crippen LogP contribution < -0.4 is 10.6 Å². The molecular weight excluding hydrogens is 459 g/mol. The van der Waals surface area contributed by atoms with Crippen molar-refractivity contribution in [3.05, 3.63) is 59.5 Å². The van der Waals surface area contributed by atoms with Gasteiger partial charge in [-0.25, -0.2) is 0 Å². The number of fused-ring (bicyclic) bond motifs is 1. The van der Waals surface area contributed by atoms with E-state index in [0.717, 1.165) is 24.0 Å². The van der Waals surface area contributed by atoms with Crippen molar-refractivity contribution in [3.63, 3.8) is 0 Å². The monoisotopic (exact) mass is 482 g/mol. The van der Waals surface area contributed by atoms with E-state index in [4.69, 9.17) is 0 Å². The molecule has 0 saturated carbocycles. The number of nitrogens with one attached hydrogen (secondary N) is 2. The average molecular weight is 482 g/mol. The Hall–Kier alpha value is -1.81. The highest BCUT2D eigenvalue weighted by atomic mass is 127. The van der Waals surface area contributed by atoms with Gasteiger partial charge in [0.2, 0.25) is 0 Å². The van der Waals surface area contributed by atoms with Gasteiger partial charge in [-0.2, -0.15) is 0 Å². The average Bonchev–Trinajstić information content (AvgIpc) is 3.06. The molecule has 0 aliphatic carbocycles. The van der Waals surface area contributed by atoms with Gasteiger partial charge in [-0.1, -0.05) is 18.2 Å². The number of benzene rings is 1. The molecule has 6 nitrogen and oxygen atoms in total. The maximum absolute atomic E-state index is 4.29. The Labute approximate surface area is 174 Å². The lowest BCUT2D eigenvalue weighted by molar-refractivity contribution is 0.759. The standard InChI is InChI=1S/C18H22N6S.HI/c1-13-7-8-14(15(10-13)25-3)11-20-18(19-2)21-12-17-23-22-16-6-4-5-9-24(16)17;/h4-10H,11-12H2,1-3H3,(H2,19,20,21);1H. The summed E-state index contributed by atoms with van der Waals surface area (Å²) in [5.41, 5.74) is 3.37. The molecule has 0 amide bonds. The summed E-state index contributed by atoms with van der Waals surface area (Å²) in [4.78, 5) is 5.57. The molecule has 1 aromatic carbocycles. The van der Waals surface area contributed by atoms with Gasteiger partial charge in [0, 0.05) is 24.7 Å². The van der Waals surface area contributed by atoms with Crippen molar-refractivity contribution in [2.45, 2.75) is 24.9 Å². The van der Waals surface area contributed by atoms with Gasteiger partial charge in [0.15, 0.2) is 17.4 Å². The van der Waals surface area contributed by atoms with Crippen LogP contribution in [0.4, 0.5) is 0 Å². The van der Waals surface area contributed by atoms with Gasteiger partial charge < -0.3 is 10.6 Å². The molecule has 2 aromatic heterocycles. The zero-order valence-corrected chi connectivity index (χ0v) is 18.2. The summed E-state index contributed by atoms with van der Waals surface area (Å²) in [5.74, 6) is 1.58. The molecule has 3 aromatic rings. The van der Waals surface area contributed by atoms with Gasteiger partial charge in [-0.3, -0.25) is 9.39 Å². The minimum absolute atomic E-state index is 0. The van der Waals surface area contributed by atoms with Gasteiger partial charge >= 0.3 is 0 Å². The van der Waals surface area contributed by atoms with Crippen molar-refractivity contribution < 1.29 is 0 Å². The molecule has 0 saturated heterocycles. The summed E-state index contributed by atoms with van der Waals surface area (Å²) in [6.45, 7) is 3.38. The summed E-state index contributed by atoms with van der Waals surface area (Å²) >= 11 is 1.76. The largest absolute Gasteiger partial charge is 0.352 e. The van der Waals surface area contributed by atoms with E-state index in [1.807, 2.05) is 28.8 Å². The van der Waals surface area contributed by atoms with Crippen LogP contribution in [-0.2, 0) is 13.1 Å². The lowest BCUT2D eigenvalue weighted by atomic mass is 10.1. The first-order chi connectivity index (χ1) is 12.2. The molecule has 3 rings (SSSR count). The van der Waals surface area contributed by atoms with Gasteiger partial charge in [-0.15, -0.1) is 45.9 Å². The minimum Gasteiger partial charge on any atom is -0.352 e. The zero-order valence-electron chi connectivity index (χ0n) is 15.1. The van der Waals surface area contributed by atoms with Crippen molar-refractivity contribution in [1.29, 1.82) is 0 Å². The molecule has 2 heterocycles. The second-order valence-electron chi connectivity index (χ2n) is 5.64. The van der Waals surface area contributed by atoms with E-state index in [2.05, 4.69) is 57.2 Å². The predicted molar refractivity (Wildman–Crippen MR) is 118 cm³/mol. The molecule has 8 heteroatoms. The number of hydrogen-bond acceptors (Lipinski definition) is 4. The van der Waals surface area contributed by atoms with E-state index >= 15 is 0 Å². The maximum Gasteiger partial charge on any atom is 0.191 e. The highest BCUT2D eigenvalue weighted by Crippen LogP contribution is 2.21. The van der Waals surface area contributed by atoms with E-state index in [-0.39, 0.29) is 24.0 Å². The van der Waals surface area contributed by atoms with Crippen LogP contribution in [0.3, 0.4) is 0 Å². The number of hydrogen-bond donors (Lipinski definition) is 2.